The van der Waals surface area contributed by atoms with Gasteiger partial charge in [0.25, 0.3) is 0 Å². The second-order valence-electron chi connectivity index (χ2n) is 14.8. The summed E-state index contributed by atoms with van der Waals surface area (Å²) in [6.07, 6.45) is 2.57. The third kappa shape index (κ3) is 7.49. The maximum Gasteiger partial charge on any atom is 2.00 e. The van der Waals surface area contributed by atoms with Gasteiger partial charge >= 0.3 is 37.2 Å². The van der Waals surface area contributed by atoms with Crippen molar-refractivity contribution in [2.75, 3.05) is 7.11 Å². The predicted octanol–water partition coefficient (Wildman–Crippen LogP) is 8.40. The molecule has 11 nitrogen and oxygen atoms in total. The number of H-pyrrole nitrogens is 2. The first-order valence-electron chi connectivity index (χ1n) is 18.9. The Hall–Kier alpha value is -4.92. The van der Waals surface area contributed by atoms with Crippen LogP contribution in [-0.4, -0.2) is 66.8 Å². The number of alkyl carbamates (subject to hydrolysis) is 1. The van der Waals surface area contributed by atoms with Gasteiger partial charge in [-0.15, -0.1) is 0 Å². The standard InChI is InChI=1S/C44H45N7O4.U/c1-25(2)50(42(52)26(3)28-9-7-6-8-10-28)27(4)40-45-34-19-15-31(23-37(34)47-40)29-11-13-30(14-12-29)32-16-20-35-38(24-32)48-41(46-35)39-22-18-33-17-21-36(43(53)51(33)39)49-44(54)55-5;/h6-16,19-20,23-24,26-27,33,36,39H,4,17-18,21-22H2,1-3,5H3,(H,45,47)(H,46,48)(H,49,54);/q-2;+2/t26-,27+,33+,36+,39+;/m1./s1. The van der Waals surface area contributed by atoms with Crippen LogP contribution in [0.25, 0.3) is 44.3 Å². The van der Waals surface area contributed by atoms with E-state index in [9.17, 15) is 14.4 Å². The topological polar surface area (TPSA) is 136 Å². The van der Waals surface area contributed by atoms with Gasteiger partial charge in [-0.1, -0.05) is 72.8 Å². The number of aromatic nitrogens is 4. The Balaban J connectivity index is 0.00000480. The molecule has 0 spiro atoms. The molecule has 56 heavy (non-hydrogen) atoms. The molecule has 2 aliphatic heterocycles. The number of amides is 3. The number of hydrogen-bond acceptors (Lipinski definition) is 6. The monoisotopic (exact) mass is 973 g/mol. The number of piperidine rings is 1. The molecule has 0 bridgehead atoms. The van der Waals surface area contributed by atoms with Crippen molar-refractivity contribution in [3.63, 3.8) is 0 Å². The minimum atomic E-state index is -0.593. The molecule has 4 aromatic carbocycles. The average molecular weight is 974 g/mol. The quantitative estimate of drug-likeness (QED) is 0.125. The molecule has 2 fully saturated rings. The van der Waals surface area contributed by atoms with Crippen molar-refractivity contribution in [2.45, 2.75) is 76.5 Å². The van der Waals surface area contributed by atoms with Crippen LogP contribution in [0.5, 0.6) is 0 Å². The molecule has 6 aromatic rings. The van der Waals surface area contributed by atoms with Crippen molar-refractivity contribution >= 4 is 40.0 Å². The maximum absolute atomic E-state index is 13.7. The smallest absolute Gasteiger partial charge is 0.506 e. The van der Waals surface area contributed by atoms with Crippen molar-refractivity contribution in [1.29, 1.82) is 0 Å². The molecule has 2 saturated heterocycles. The first-order chi connectivity index (χ1) is 26.6. The van der Waals surface area contributed by atoms with E-state index in [-0.39, 0.29) is 60.9 Å². The number of ether oxygens (including phenoxy) is 1. The van der Waals surface area contributed by atoms with E-state index in [0.717, 1.165) is 81.0 Å². The predicted molar refractivity (Wildman–Crippen MR) is 212 cm³/mol. The molecule has 4 heterocycles. The third-order valence-corrected chi connectivity index (χ3v) is 11.2. The van der Waals surface area contributed by atoms with Gasteiger partial charge < -0.3 is 36.7 Å². The van der Waals surface area contributed by atoms with Crippen LogP contribution in [0.15, 0.2) is 91.0 Å². The van der Waals surface area contributed by atoms with E-state index in [2.05, 4.69) is 70.7 Å². The minimum absolute atomic E-state index is 0. The van der Waals surface area contributed by atoms with Crippen LogP contribution >= 0.6 is 0 Å². The van der Waals surface area contributed by atoms with Gasteiger partial charge in [-0.25, -0.2) is 20.8 Å². The van der Waals surface area contributed by atoms with Crippen molar-refractivity contribution < 1.29 is 50.2 Å². The molecule has 5 atom stereocenters. The van der Waals surface area contributed by atoms with Crippen molar-refractivity contribution in [2.24, 2.45) is 0 Å². The summed E-state index contributed by atoms with van der Waals surface area (Å²) in [7, 11) is 1.30. The zero-order chi connectivity index (χ0) is 38.4. The van der Waals surface area contributed by atoms with Crippen molar-refractivity contribution in [3.8, 4) is 22.3 Å². The van der Waals surface area contributed by atoms with Crippen LogP contribution < -0.4 is 5.32 Å². The first kappa shape index (κ1) is 39.3. The number of nitrogens with zero attached hydrogens (tertiary/aromatic N) is 4. The minimum Gasteiger partial charge on any atom is -0.506 e. The Labute approximate surface area is 350 Å². The molecule has 8 rings (SSSR count). The average Bonchev–Trinajstić information content (AvgIpc) is 3.95. The SMILES string of the molecule is [CH2-][C@@H](c1nc2ccc(-c3ccc(-c4ccc5nc([C@@H]6CC[C@@H]7CC[C@H](NC(=O)OC)C(=O)N76)[nH]c5c4)cc3)cc2[nH]1)N(C(=O)[C@H](C)c1ccccc1)[C-](C)C.[U+2]. The first-order valence-corrected chi connectivity index (χ1v) is 18.9. The number of fused-ring (bicyclic) bond motifs is 3. The zero-order valence-corrected chi connectivity index (χ0v) is 36.2. The number of hydrogen-bond donors (Lipinski definition) is 3. The van der Waals surface area contributed by atoms with Gasteiger partial charge in [0.2, 0.25) is 5.91 Å². The summed E-state index contributed by atoms with van der Waals surface area (Å²) >= 11 is 0. The van der Waals surface area contributed by atoms with Crippen LogP contribution in [0.4, 0.5) is 4.79 Å². The van der Waals surface area contributed by atoms with Gasteiger partial charge in [-0.05, 0) is 84.7 Å². The van der Waals surface area contributed by atoms with Crippen molar-refractivity contribution in [3.05, 3.63) is 121 Å². The van der Waals surface area contributed by atoms with Crippen LogP contribution in [0.3, 0.4) is 0 Å². The van der Waals surface area contributed by atoms with E-state index in [1.54, 1.807) is 4.90 Å². The van der Waals surface area contributed by atoms with Gasteiger partial charge in [0.1, 0.15) is 11.9 Å². The normalized spacial score (nSPS) is 19.1. The largest absolute Gasteiger partial charge is 2.00 e. The van der Waals surface area contributed by atoms with E-state index < -0.39 is 18.2 Å². The molecule has 2 aliphatic rings. The number of carbonyl (C=O) groups is 3. The molecule has 3 N–H and O–H groups in total. The maximum atomic E-state index is 13.7. The molecule has 0 saturated carbocycles. The van der Waals surface area contributed by atoms with Gasteiger partial charge in [0, 0.05) is 6.04 Å². The summed E-state index contributed by atoms with van der Waals surface area (Å²) in [4.78, 5) is 59.3. The van der Waals surface area contributed by atoms with Gasteiger partial charge in [0.05, 0.1) is 47.0 Å². The molecular weight excluding hydrogens is 929 g/mol. The van der Waals surface area contributed by atoms with Crippen LogP contribution in [-0.2, 0) is 14.3 Å². The Morgan fingerprint density at radius 3 is 2.07 bits per heavy atom. The number of benzene rings is 4. The fourth-order valence-electron chi connectivity index (χ4n) is 8.26. The summed E-state index contributed by atoms with van der Waals surface area (Å²) in [6, 6.07) is 30.3. The van der Waals surface area contributed by atoms with Gasteiger partial charge in [-0.3, -0.25) is 9.59 Å². The Bertz CT molecular complexity index is 2370. The molecule has 0 unspecified atom stereocenters. The van der Waals surface area contributed by atoms with E-state index in [1.165, 1.54) is 7.11 Å². The second kappa shape index (κ2) is 16.3. The Kier molecular flexibility index (Phi) is 11.4. The number of imidazole rings is 2. The molecule has 284 valence electrons. The van der Waals surface area contributed by atoms with Crippen LogP contribution in [0.2, 0.25) is 0 Å². The van der Waals surface area contributed by atoms with E-state index in [4.69, 9.17) is 14.7 Å². The molecule has 3 amide bonds. The number of methoxy groups -OCH3 is 1. The number of rotatable bonds is 9. The zero-order valence-electron chi connectivity index (χ0n) is 32.0. The van der Waals surface area contributed by atoms with E-state index in [0.29, 0.717) is 12.2 Å². The third-order valence-electron chi connectivity index (χ3n) is 11.2. The number of carbonyl (C=O) groups excluding carboxylic acids is 3. The fraction of sp³-hybridized carbons (Fsp3) is 0.295. The van der Waals surface area contributed by atoms with E-state index >= 15 is 0 Å². The summed E-state index contributed by atoms with van der Waals surface area (Å²) in [5.41, 5.74) is 8.61. The summed E-state index contributed by atoms with van der Waals surface area (Å²) in [6.45, 7) is 10.1. The second-order valence-corrected chi connectivity index (χ2v) is 14.8. The molecule has 0 radical (unpaired) electrons. The summed E-state index contributed by atoms with van der Waals surface area (Å²) < 4.78 is 4.74. The summed E-state index contributed by atoms with van der Waals surface area (Å²) in [5, 5.41) is 2.70. The van der Waals surface area contributed by atoms with Crippen molar-refractivity contribution in [1.82, 2.24) is 35.1 Å². The molecular formula is C44H45N7O4U. The number of nitrogens with one attached hydrogen (secondary N) is 3. The molecule has 0 aliphatic carbocycles. The van der Waals surface area contributed by atoms with Crippen LogP contribution in [0.1, 0.15) is 81.7 Å². The Morgan fingerprint density at radius 2 is 1.45 bits per heavy atom. The van der Waals surface area contributed by atoms with Gasteiger partial charge in [0.15, 0.2) is 5.91 Å². The Morgan fingerprint density at radius 1 is 0.857 bits per heavy atom. The van der Waals surface area contributed by atoms with Gasteiger partial charge in [-0.2, -0.15) is 13.8 Å². The molecule has 12 heteroatoms. The number of aromatic amines is 2. The fourth-order valence-corrected chi connectivity index (χ4v) is 8.26. The van der Waals surface area contributed by atoms with Crippen LogP contribution in [0, 0.1) is 44.1 Å². The molecule has 2 aromatic heterocycles. The summed E-state index contributed by atoms with van der Waals surface area (Å²) in [5.74, 6) is 0.970. The van der Waals surface area contributed by atoms with E-state index in [1.807, 2.05) is 68.1 Å².